The molecule has 3 heterocycles. The maximum Gasteiger partial charge on any atom is 0.188 e. The van der Waals surface area contributed by atoms with Gasteiger partial charge in [-0.15, -0.1) is 15.3 Å². The van der Waals surface area contributed by atoms with Gasteiger partial charge in [0.2, 0.25) is 0 Å². The zero-order valence-electron chi connectivity index (χ0n) is 14.7. The summed E-state index contributed by atoms with van der Waals surface area (Å²) >= 11 is 0. The second kappa shape index (κ2) is 6.70. The number of nitrogens with zero attached hydrogens (tertiary/aromatic N) is 5. The van der Waals surface area contributed by atoms with Crippen LogP contribution in [0.25, 0.3) is 27.9 Å². The van der Waals surface area contributed by atoms with Crippen molar-refractivity contribution in [3.8, 4) is 11.4 Å². The first kappa shape index (κ1) is 16.3. The minimum absolute atomic E-state index is 0.359. The number of rotatable bonds is 4. The van der Waals surface area contributed by atoms with Crippen molar-refractivity contribution in [1.82, 2.24) is 24.8 Å². The van der Waals surface area contributed by atoms with Crippen LogP contribution < -0.4 is 5.32 Å². The molecule has 0 saturated heterocycles. The largest absolute Gasteiger partial charge is 0.364 e. The van der Waals surface area contributed by atoms with Crippen LogP contribution in [-0.2, 0) is 6.54 Å². The number of para-hydroxylation sites is 1. The van der Waals surface area contributed by atoms with Crippen LogP contribution in [0.15, 0.2) is 72.9 Å². The van der Waals surface area contributed by atoms with Gasteiger partial charge in [0.1, 0.15) is 11.6 Å². The molecule has 7 heteroatoms. The summed E-state index contributed by atoms with van der Waals surface area (Å²) in [5, 5.41) is 17.1. The lowest BCUT2D eigenvalue weighted by molar-refractivity contribution is 0.629. The number of benzene rings is 2. The molecular weight excluding hydrogens is 355 g/mol. The Hall–Kier alpha value is -3.87. The van der Waals surface area contributed by atoms with Gasteiger partial charge in [-0.3, -0.25) is 4.98 Å². The normalized spacial score (nSPS) is 11.2. The predicted octanol–water partition coefficient (Wildman–Crippen LogP) is 4.09. The predicted molar refractivity (Wildman–Crippen MR) is 105 cm³/mol. The number of nitrogens with one attached hydrogen (secondary N) is 1. The summed E-state index contributed by atoms with van der Waals surface area (Å²) in [7, 11) is 0. The summed E-state index contributed by atoms with van der Waals surface area (Å²) in [4.78, 5) is 4.47. The van der Waals surface area contributed by atoms with Gasteiger partial charge in [0.15, 0.2) is 11.5 Å². The number of anilines is 1. The van der Waals surface area contributed by atoms with Gasteiger partial charge in [-0.2, -0.15) is 4.52 Å². The molecule has 0 aliphatic carbocycles. The van der Waals surface area contributed by atoms with Crippen molar-refractivity contribution in [3.63, 3.8) is 0 Å². The molecule has 0 aliphatic rings. The van der Waals surface area contributed by atoms with Crippen molar-refractivity contribution in [1.29, 1.82) is 0 Å². The lowest BCUT2D eigenvalue weighted by atomic mass is 10.1. The molecule has 5 aromatic rings. The Labute approximate surface area is 159 Å². The van der Waals surface area contributed by atoms with Crippen LogP contribution in [0.5, 0.6) is 0 Å². The third kappa shape index (κ3) is 2.83. The van der Waals surface area contributed by atoms with Gasteiger partial charge < -0.3 is 5.32 Å². The summed E-state index contributed by atoms with van der Waals surface area (Å²) in [6.07, 6.45) is 1.79. The molecule has 1 N–H and O–H groups in total. The maximum absolute atomic E-state index is 14.2. The van der Waals surface area contributed by atoms with Crippen LogP contribution in [-0.4, -0.2) is 24.8 Å². The fraction of sp³-hybridized carbons (Fsp3) is 0.0476. The van der Waals surface area contributed by atoms with Crippen LogP contribution in [0.4, 0.5) is 10.2 Å². The van der Waals surface area contributed by atoms with E-state index >= 15 is 0 Å². The van der Waals surface area contributed by atoms with Crippen molar-refractivity contribution in [2.24, 2.45) is 0 Å². The van der Waals surface area contributed by atoms with Crippen molar-refractivity contribution in [2.75, 3.05) is 5.32 Å². The average molecular weight is 370 g/mol. The first-order valence-electron chi connectivity index (χ1n) is 8.83. The zero-order valence-corrected chi connectivity index (χ0v) is 14.7. The van der Waals surface area contributed by atoms with Crippen molar-refractivity contribution in [3.05, 3.63) is 84.3 Å². The minimum atomic E-state index is -0.362. The Morgan fingerprint density at radius 2 is 1.79 bits per heavy atom. The summed E-state index contributed by atoms with van der Waals surface area (Å²) in [6.45, 7) is 0.560. The van der Waals surface area contributed by atoms with Gasteiger partial charge in [-0.25, -0.2) is 4.39 Å². The molecule has 0 aliphatic heterocycles. The monoisotopic (exact) mass is 370 g/mol. The van der Waals surface area contributed by atoms with E-state index in [2.05, 4.69) is 25.6 Å². The van der Waals surface area contributed by atoms with Crippen LogP contribution in [0, 0.1) is 5.82 Å². The number of halogens is 1. The molecule has 3 aromatic heterocycles. The molecule has 136 valence electrons. The third-order valence-corrected chi connectivity index (χ3v) is 4.55. The fourth-order valence-corrected chi connectivity index (χ4v) is 3.19. The van der Waals surface area contributed by atoms with Gasteiger partial charge >= 0.3 is 0 Å². The van der Waals surface area contributed by atoms with E-state index in [9.17, 15) is 4.39 Å². The van der Waals surface area contributed by atoms with E-state index in [1.165, 1.54) is 6.07 Å². The fourth-order valence-electron chi connectivity index (χ4n) is 3.19. The Balaban J connectivity index is 1.48. The molecule has 0 atom stereocenters. The van der Waals surface area contributed by atoms with Crippen LogP contribution in [0.1, 0.15) is 5.56 Å². The second-order valence-corrected chi connectivity index (χ2v) is 6.34. The number of aromatic nitrogens is 5. The molecule has 0 radical (unpaired) electrons. The molecule has 0 bridgehead atoms. The van der Waals surface area contributed by atoms with Gasteiger partial charge in [0.05, 0.1) is 11.1 Å². The summed E-state index contributed by atoms with van der Waals surface area (Å²) < 4.78 is 15.7. The summed E-state index contributed by atoms with van der Waals surface area (Å²) in [5.41, 5.74) is 2.93. The quantitative estimate of drug-likeness (QED) is 0.516. The number of pyridine rings is 1. The smallest absolute Gasteiger partial charge is 0.188 e. The van der Waals surface area contributed by atoms with E-state index in [1.54, 1.807) is 35.0 Å². The number of hydrogen-bond acceptors (Lipinski definition) is 5. The highest BCUT2D eigenvalue weighted by Gasteiger charge is 2.13. The molecule has 0 unspecified atom stereocenters. The second-order valence-electron chi connectivity index (χ2n) is 6.34. The summed E-state index contributed by atoms with van der Waals surface area (Å²) in [6, 6.07) is 20.1. The lowest BCUT2D eigenvalue weighted by Crippen LogP contribution is -2.05. The highest BCUT2D eigenvalue weighted by Crippen LogP contribution is 2.22. The minimum Gasteiger partial charge on any atom is -0.364 e. The van der Waals surface area contributed by atoms with Crippen molar-refractivity contribution >= 4 is 22.4 Å². The van der Waals surface area contributed by atoms with E-state index in [0.29, 0.717) is 29.4 Å². The first-order chi connectivity index (χ1) is 13.8. The summed E-state index contributed by atoms with van der Waals surface area (Å²) in [5.74, 6) is 0.639. The standard InChI is InChI=1S/C21H15FN6/c22-17-9-2-1-8-16(17)21-26-25-19-11-10-18(27-28(19)21)24-13-15-6-3-5-14-7-4-12-23-20(14)15/h1-12H,13H2,(H,24,27). The highest BCUT2D eigenvalue weighted by molar-refractivity contribution is 5.81. The molecule has 0 fully saturated rings. The molecule has 2 aromatic carbocycles. The Morgan fingerprint density at radius 3 is 2.71 bits per heavy atom. The van der Waals surface area contributed by atoms with E-state index in [4.69, 9.17) is 0 Å². The Kier molecular flexibility index (Phi) is 3.90. The van der Waals surface area contributed by atoms with Gasteiger partial charge in [0.25, 0.3) is 0 Å². The van der Waals surface area contributed by atoms with E-state index in [-0.39, 0.29) is 5.82 Å². The van der Waals surface area contributed by atoms with E-state index < -0.39 is 0 Å². The molecule has 0 saturated carbocycles. The Morgan fingerprint density at radius 1 is 0.893 bits per heavy atom. The van der Waals surface area contributed by atoms with Crippen molar-refractivity contribution < 1.29 is 4.39 Å². The number of hydrogen-bond donors (Lipinski definition) is 1. The van der Waals surface area contributed by atoms with E-state index in [1.807, 2.05) is 36.4 Å². The van der Waals surface area contributed by atoms with Crippen LogP contribution in [0.3, 0.4) is 0 Å². The molecule has 0 amide bonds. The van der Waals surface area contributed by atoms with E-state index in [0.717, 1.165) is 16.5 Å². The molecule has 6 nitrogen and oxygen atoms in total. The average Bonchev–Trinajstić information content (AvgIpc) is 3.15. The molecular formula is C21H15FN6. The van der Waals surface area contributed by atoms with Crippen LogP contribution in [0.2, 0.25) is 0 Å². The topological polar surface area (TPSA) is 68.0 Å². The Bertz CT molecular complexity index is 1290. The zero-order chi connectivity index (χ0) is 18.9. The van der Waals surface area contributed by atoms with Gasteiger partial charge in [-0.1, -0.05) is 36.4 Å². The highest BCUT2D eigenvalue weighted by atomic mass is 19.1. The molecule has 0 spiro atoms. The van der Waals surface area contributed by atoms with Gasteiger partial charge in [-0.05, 0) is 35.9 Å². The molecule has 5 rings (SSSR count). The van der Waals surface area contributed by atoms with Crippen molar-refractivity contribution in [2.45, 2.75) is 6.54 Å². The van der Waals surface area contributed by atoms with Gasteiger partial charge in [0, 0.05) is 18.1 Å². The first-order valence-corrected chi connectivity index (χ1v) is 8.83. The lowest BCUT2D eigenvalue weighted by Gasteiger charge is -2.09. The third-order valence-electron chi connectivity index (χ3n) is 4.55. The number of fused-ring (bicyclic) bond motifs is 2. The SMILES string of the molecule is Fc1ccccc1-c1nnc2ccc(NCc3cccc4cccnc34)nn12. The maximum atomic E-state index is 14.2. The molecule has 28 heavy (non-hydrogen) atoms. The van der Waals surface area contributed by atoms with Crippen LogP contribution >= 0.6 is 0 Å².